The Bertz CT molecular complexity index is 451. The molecule has 1 heterocycles. The number of amides is 1. The second kappa shape index (κ2) is 6.68. The quantitative estimate of drug-likeness (QED) is 0.868. The Hall–Kier alpha value is -1.65. The molecule has 0 saturated heterocycles. The molecule has 0 bridgehead atoms. The molecule has 0 fully saturated rings. The number of nitrogens with one attached hydrogen (secondary N) is 2. The monoisotopic (exact) mass is 278 g/mol. The van der Waals surface area contributed by atoms with Gasteiger partial charge >= 0.3 is 0 Å². The van der Waals surface area contributed by atoms with E-state index < -0.39 is 0 Å². The van der Waals surface area contributed by atoms with Gasteiger partial charge in [0, 0.05) is 30.1 Å². The van der Waals surface area contributed by atoms with Gasteiger partial charge in [-0.25, -0.2) is 9.97 Å². The fraction of sp³-hybridized carbons (Fsp3) is 0.667. The molecule has 0 aliphatic rings. The van der Waals surface area contributed by atoms with Gasteiger partial charge in [-0.15, -0.1) is 0 Å². The lowest BCUT2D eigenvalue weighted by atomic mass is 9.96. The van der Waals surface area contributed by atoms with E-state index in [9.17, 15) is 4.79 Å². The van der Waals surface area contributed by atoms with Gasteiger partial charge in [-0.05, 0) is 26.8 Å². The fourth-order valence-electron chi connectivity index (χ4n) is 1.76. The molecule has 1 aromatic rings. The minimum absolute atomic E-state index is 0.0245. The lowest BCUT2D eigenvalue weighted by molar-refractivity contribution is -0.121. The molecule has 20 heavy (non-hydrogen) atoms. The third-order valence-corrected chi connectivity index (χ3v) is 2.66. The summed E-state index contributed by atoms with van der Waals surface area (Å²) in [7, 11) is 0. The van der Waals surface area contributed by atoms with Crippen LogP contribution in [0.25, 0.3) is 0 Å². The molecule has 5 nitrogen and oxygen atoms in total. The summed E-state index contributed by atoms with van der Waals surface area (Å²) in [4.78, 5) is 20.5. The minimum atomic E-state index is -0.0874. The highest BCUT2D eigenvalue weighted by Crippen LogP contribution is 2.19. The predicted molar refractivity (Wildman–Crippen MR) is 81.7 cm³/mol. The van der Waals surface area contributed by atoms with E-state index in [2.05, 4.69) is 41.4 Å². The number of hydrogen-bond donors (Lipinski definition) is 2. The number of aromatic nitrogens is 2. The maximum absolute atomic E-state index is 11.7. The van der Waals surface area contributed by atoms with Gasteiger partial charge in [-0.2, -0.15) is 0 Å². The summed E-state index contributed by atoms with van der Waals surface area (Å²) in [5.41, 5.74) is -0.0874. The van der Waals surface area contributed by atoms with Gasteiger partial charge < -0.3 is 10.6 Å². The van der Waals surface area contributed by atoms with Crippen LogP contribution in [0.15, 0.2) is 12.3 Å². The Balaban J connectivity index is 2.62. The summed E-state index contributed by atoms with van der Waals surface area (Å²) in [6.45, 7) is 12.1. The van der Waals surface area contributed by atoms with Crippen molar-refractivity contribution in [2.45, 2.75) is 65.5 Å². The van der Waals surface area contributed by atoms with Gasteiger partial charge in [0.2, 0.25) is 5.91 Å². The average molecular weight is 278 g/mol. The molecule has 0 radical (unpaired) electrons. The molecular formula is C15H26N4O. The molecule has 2 N–H and O–H groups in total. The standard InChI is InChI=1S/C15H26N4O/c1-10(2)17-13(20)9-11(3)18-12-7-8-16-14(19-12)15(4,5)6/h7-8,10-11H,9H2,1-6H3,(H,17,20)(H,16,18,19). The maximum Gasteiger partial charge on any atom is 0.222 e. The summed E-state index contributed by atoms with van der Waals surface area (Å²) in [6.07, 6.45) is 2.17. The number of anilines is 1. The Morgan fingerprint density at radius 3 is 2.50 bits per heavy atom. The lowest BCUT2D eigenvalue weighted by Crippen LogP contribution is -2.34. The van der Waals surface area contributed by atoms with Crippen LogP contribution in [0.5, 0.6) is 0 Å². The highest BCUT2D eigenvalue weighted by atomic mass is 16.1. The zero-order valence-corrected chi connectivity index (χ0v) is 13.3. The van der Waals surface area contributed by atoms with Crippen LogP contribution in [0.4, 0.5) is 5.82 Å². The van der Waals surface area contributed by atoms with Crippen molar-refractivity contribution in [1.82, 2.24) is 15.3 Å². The molecule has 0 spiro atoms. The third kappa shape index (κ3) is 5.55. The van der Waals surface area contributed by atoms with Gasteiger partial charge in [0.25, 0.3) is 0 Å². The van der Waals surface area contributed by atoms with Gasteiger partial charge in [0.15, 0.2) is 0 Å². The van der Waals surface area contributed by atoms with Crippen LogP contribution < -0.4 is 10.6 Å². The summed E-state index contributed by atoms with van der Waals surface area (Å²) >= 11 is 0. The first kappa shape index (κ1) is 16.4. The van der Waals surface area contributed by atoms with E-state index in [4.69, 9.17) is 0 Å². The topological polar surface area (TPSA) is 66.9 Å². The third-order valence-electron chi connectivity index (χ3n) is 2.66. The van der Waals surface area contributed by atoms with Gasteiger partial charge in [-0.3, -0.25) is 4.79 Å². The van der Waals surface area contributed by atoms with Crippen molar-refractivity contribution in [3.63, 3.8) is 0 Å². The van der Waals surface area contributed by atoms with Crippen LogP contribution in [-0.2, 0) is 10.2 Å². The van der Waals surface area contributed by atoms with Crippen molar-refractivity contribution in [3.8, 4) is 0 Å². The molecule has 0 aliphatic carbocycles. The Morgan fingerprint density at radius 1 is 1.30 bits per heavy atom. The summed E-state index contributed by atoms with van der Waals surface area (Å²) in [5, 5.41) is 6.13. The van der Waals surface area contributed by atoms with Crippen molar-refractivity contribution in [2.24, 2.45) is 0 Å². The number of nitrogens with zero attached hydrogens (tertiary/aromatic N) is 2. The smallest absolute Gasteiger partial charge is 0.222 e. The Labute approximate surface area is 121 Å². The second-order valence-electron chi connectivity index (χ2n) is 6.49. The number of hydrogen-bond acceptors (Lipinski definition) is 4. The molecule has 1 rings (SSSR count). The summed E-state index contributed by atoms with van der Waals surface area (Å²) < 4.78 is 0. The van der Waals surface area contributed by atoms with E-state index in [1.165, 1.54) is 0 Å². The normalized spacial score (nSPS) is 13.2. The zero-order chi connectivity index (χ0) is 15.3. The summed E-state index contributed by atoms with van der Waals surface area (Å²) in [5.74, 6) is 1.60. The van der Waals surface area contributed by atoms with Crippen molar-refractivity contribution in [3.05, 3.63) is 18.1 Å². The van der Waals surface area contributed by atoms with Gasteiger partial charge in [-0.1, -0.05) is 20.8 Å². The molecule has 0 aliphatic heterocycles. The van der Waals surface area contributed by atoms with Crippen LogP contribution in [0, 0.1) is 0 Å². The van der Waals surface area contributed by atoms with Crippen LogP contribution in [0.3, 0.4) is 0 Å². The molecule has 1 aromatic heterocycles. The van der Waals surface area contributed by atoms with Crippen molar-refractivity contribution in [2.75, 3.05) is 5.32 Å². The van der Waals surface area contributed by atoms with E-state index in [1.807, 2.05) is 26.8 Å². The lowest BCUT2D eigenvalue weighted by Gasteiger charge is -2.19. The molecule has 1 atom stereocenters. The fourth-order valence-corrected chi connectivity index (χ4v) is 1.76. The van der Waals surface area contributed by atoms with Crippen LogP contribution in [-0.4, -0.2) is 28.0 Å². The van der Waals surface area contributed by atoms with Crippen molar-refractivity contribution >= 4 is 11.7 Å². The van der Waals surface area contributed by atoms with Crippen molar-refractivity contribution in [1.29, 1.82) is 0 Å². The van der Waals surface area contributed by atoms with E-state index in [1.54, 1.807) is 6.20 Å². The number of carbonyl (C=O) groups is 1. The minimum Gasteiger partial charge on any atom is -0.367 e. The maximum atomic E-state index is 11.7. The Morgan fingerprint density at radius 2 is 1.95 bits per heavy atom. The number of carbonyl (C=O) groups excluding carboxylic acids is 1. The largest absolute Gasteiger partial charge is 0.367 e. The molecule has 112 valence electrons. The van der Waals surface area contributed by atoms with Crippen LogP contribution in [0.1, 0.15) is 53.8 Å². The first-order chi connectivity index (χ1) is 9.18. The SMILES string of the molecule is CC(C)NC(=O)CC(C)Nc1ccnc(C(C)(C)C)n1. The first-order valence-electron chi connectivity index (χ1n) is 7.08. The molecular weight excluding hydrogens is 252 g/mol. The molecule has 0 saturated carbocycles. The van der Waals surface area contributed by atoms with E-state index in [-0.39, 0.29) is 23.4 Å². The van der Waals surface area contributed by atoms with E-state index >= 15 is 0 Å². The van der Waals surface area contributed by atoms with E-state index in [0.717, 1.165) is 11.6 Å². The highest BCUT2D eigenvalue weighted by Gasteiger charge is 2.18. The second-order valence-corrected chi connectivity index (χ2v) is 6.49. The predicted octanol–water partition coefficient (Wildman–Crippen LogP) is 2.49. The first-order valence-corrected chi connectivity index (χ1v) is 7.08. The zero-order valence-electron chi connectivity index (χ0n) is 13.3. The Kier molecular flexibility index (Phi) is 5.48. The van der Waals surface area contributed by atoms with Crippen LogP contribution in [0.2, 0.25) is 0 Å². The van der Waals surface area contributed by atoms with Crippen LogP contribution >= 0.6 is 0 Å². The molecule has 1 unspecified atom stereocenters. The van der Waals surface area contributed by atoms with E-state index in [0.29, 0.717) is 6.42 Å². The van der Waals surface area contributed by atoms with Gasteiger partial charge in [0.05, 0.1) is 0 Å². The van der Waals surface area contributed by atoms with Gasteiger partial charge in [0.1, 0.15) is 11.6 Å². The molecule has 5 heteroatoms. The molecule has 0 aromatic carbocycles. The molecule has 1 amide bonds. The number of rotatable bonds is 5. The highest BCUT2D eigenvalue weighted by molar-refractivity contribution is 5.77. The van der Waals surface area contributed by atoms with Crippen molar-refractivity contribution < 1.29 is 4.79 Å². The summed E-state index contributed by atoms with van der Waals surface area (Å²) in [6, 6.07) is 2.02. The average Bonchev–Trinajstić information content (AvgIpc) is 2.26.